The van der Waals surface area contributed by atoms with E-state index in [2.05, 4.69) is 168 Å². The smallest absolute Gasteiger partial charge is 0.136 e. The van der Waals surface area contributed by atoms with Gasteiger partial charge in [-0.25, -0.2) is 0 Å². The first-order chi connectivity index (χ1) is 23.8. The van der Waals surface area contributed by atoms with Crippen LogP contribution in [0.1, 0.15) is 0 Å². The van der Waals surface area contributed by atoms with E-state index in [1.807, 2.05) is 12.1 Å². The maximum Gasteiger partial charge on any atom is 0.136 e. The average Bonchev–Trinajstić information content (AvgIpc) is 3.70. The van der Waals surface area contributed by atoms with Gasteiger partial charge in [0.1, 0.15) is 11.2 Å². The lowest BCUT2D eigenvalue weighted by molar-refractivity contribution is 0.669. The molecule has 0 aliphatic carbocycles. The summed E-state index contributed by atoms with van der Waals surface area (Å²) in [6.07, 6.45) is 0. The van der Waals surface area contributed by atoms with Crippen molar-refractivity contribution in [2.24, 2.45) is 0 Å². The quantitative estimate of drug-likeness (QED) is 0.194. The van der Waals surface area contributed by atoms with Crippen LogP contribution in [-0.2, 0) is 0 Å². The Labute approximate surface area is 277 Å². The van der Waals surface area contributed by atoms with Crippen LogP contribution in [0.5, 0.6) is 0 Å². The van der Waals surface area contributed by atoms with Crippen molar-refractivity contribution < 1.29 is 4.42 Å². The first-order valence-corrected chi connectivity index (χ1v) is 16.4. The van der Waals surface area contributed by atoms with Crippen molar-refractivity contribution in [3.63, 3.8) is 0 Å². The van der Waals surface area contributed by atoms with E-state index in [9.17, 15) is 0 Å². The number of hydrogen-bond acceptors (Lipinski definition) is 1. The fraction of sp³-hybridized carbons (Fsp3) is 0. The summed E-state index contributed by atoms with van der Waals surface area (Å²) in [7, 11) is 0. The van der Waals surface area contributed by atoms with Crippen molar-refractivity contribution in [2.45, 2.75) is 0 Å². The molecule has 0 saturated heterocycles. The van der Waals surface area contributed by atoms with Crippen molar-refractivity contribution in [3.05, 3.63) is 176 Å². The molecule has 0 unspecified atom stereocenters. The standard InChI is InChI=1S/C46H29NO/c1-2-11-33-28-34(25-20-30(33)10-1)35-26-27-43-40(29-35)38-13-4-7-17-42(38)47(43)41-16-6-3-12-36(41)31-21-23-32(24-22-31)37-15-9-19-45-46(37)39-14-5-8-18-44(39)48-45/h1-29H. The molecule has 0 saturated carbocycles. The van der Waals surface area contributed by atoms with Crippen LogP contribution in [0.4, 0.5) is 0 Å². The lowest BCUT2D eigenvalue weighted by Crippen LogP contribution is -1.97. The van der Waals surface area contributed by atoms with Gasteiger partial charge < -0.3 is 8.98 Å². The molecule has 0 bridgehead atoms. The molecule has 8 aromatic carbocycles. The predicted molar refractivity (Wildman–Crippen MR) is 202 cm³/mol. The van der Waals surface area contributed by atoms with E-state index >= 15 is 0 Å². The van der Waals surface area contributed by atoms with E-state index < -0.39 is 0 Å². The molecule has 0 N–H and O–H groups in total. The molecule has 2 nitrogen and oxygen atoms in total. The zero-order chi connectivity index (χ0) is 31.6. The third-order valence-corrected chi connectivity index (χ3v) is 9.81. The second-order valence-corrected chi connectivity index (χ2v) is 12.5. The van der Waals surface area contributed by atoms with Crippen LogP contribution < -0.4 is 0 Å². The van der Waals surface area contributed by atoms with E-state index in [1.165, 1.54) is 66.0 Å². The highest BCUT2D eigenvalue weighted by atomic mass is 16.3. The van der Waals surface area contributed by atoms with E-state index in [0.29, 0.717) is 0 Å². The molecule has 224 valence electrons. The first-order valence-electron chi connectivity index (χ1n) is 16.4. The van der Waals surface area contributed by atoms with Gasteiger partial charge in [0.2, 0.25) is 0 Å². The highest BCUT2D eigenvalue weighted by molar-refractivity contribution is 6.13. The Hall–Kier alpha value is -6.38. The molecular weight excluding hydrogens is 583 g/mol. The van der Waals surface area contributed by atoms with Crippen molar-refractivity contribution in [1.29, 1.82) is 0 Å². The van der Waals surface area contributed by atoms with Crippen molar-refractivity contribution in [2.75, 3.05) is 0 Å². The molecular formula is C46H29NO. The molecule has 0 fully saturated rings. The molecule has 10 aromatic rings. The highest BCUT2D eigenvalue weighted by Crippen LogP contribution is 2.40. The summed E-state index contributed by atoms with van der Waals surface area (Å²) in [4.78, 5) is 0. The molecule has 0 radical (unpaired) electrons. The zero-order valence-corrected chi connectivity index (χ0v) is 26.1. The summed E-state index contributed by atoms with van der Waals surface area (Å²) in [5.74, 6) is 0. The normalized spacial score (nSPS) is 11.8. The van der Waals surface area contributed by atoms with Gasteiger partial charge >= 0.3 is 0 Å². The molecule has 0 spiro atoms. The van der Waals surface area contributed by atoms with Crippen molar-refractivity contribution >= 4 is 54.5 Å². The third kappa shape index (κ3) is 4.13. The lowest BCUT2D eigenvalue weighted by Gasteiger charge is -2.15. The number of nitrogens with zero attached hydrogens (tertiary/aromatic N) is 1. The summed E-state index contributed by atoms with van der Waals surface area (Å²) in [6, 6.07) is 63.3. The molecule has 0 aliphatic heterocycles. The van der Waals surface area contributed by atoms with E-state index in [4.69, 9.17) is 4.42 Å². The molecule has 48 heavy (non-hydrogen) atoms. The molecule has 2 heterocycles. The summed E-state index contributed by atoms with van der Waals surface area (Å²) in [5, 5.41) is 7.33. The number of rotatable bonds is 4. The largest absolute Gasteiger partial charge is 0.456 e. The van der Waals surface area contributed by atoms with Crippen molar-refractivity contribution in [3.8, 4) is 39.1 Å². The maximum absolute atomic E-state index is 6.18. The minimum absolute atomic E-state index is 0.915. The molecule has 2 aromatic heterocycles. The summed E-state index contributed by atoms with van der Waals surface area (Å²) >= 11 is 0. The average molecular weight is 612 g/mol. The van der Waals surface area contributed by atoms with Crippen LogP contribution in [0.3, 0.4) is 0 Å². The van der Waals surface area contributed by atoms with Crippen LogP contribution in [0.15, 0.2) is 180 Å². The van der Waals surface area contributed by atoms with Gasteiger partial charge in [-0.05, 0) is 81.1 Å². The van der Waals surface area contributed by atoms with E-state index in [0.717, 1.165) is 27.6 Å². The van der Waals surface area contributed by atoms with Gasteiger partial charge in [0.25, 0.3) is 0 Å². The van der Waals surface area contributed by atoms with Crippen LogP contribution in [0, 0.1) is 0 Å². The van der Waals surface area contributed by atoms with Crippen LogP contribution >= 0.6 is 0 Å². The Morgan fingerprint density at radius 2 is 0.958 bits per heavy atom. The van der Waals surface area contributed by atoms with Crippen molar-refractivity contribution in [1.82, 2.24) is 4.57 Å². The van der Waals surface area contributed by atoms with Gasteiger partial charge in [-0.3, -0.25) is 0 Å². The number of furan rings is 1. The molecule has 10 rings (SSSR count). The van der Waals surface area contributed by atoms with E-state index in [1.54, 1.807) is 0 Å². The van der Waals surface area contributed by atoms with Gasteiger partial charge in [0.15, 0.2) is 0 Å². The highest BCUT2D eigenvalue weighted by Gasteiger charge is 2.17. The maximum atomic E-state index is 6.18. The summed E-state index contributed by atoms with van der Waals surface area (Å²) in [5.41, 5.74) is 12.6. The summed E-state index contributed by atoms with van der Waals surface area (Å²) in [6.45, 7) is 0. The topological polar surface area (TPSA) is 18.1 Å². The number of fused-ring (bicyclic) bond motifs is 7. The number of aromatic nitrogens is 1. The van der Waals surface area contributed by atoms with Gasteiger partial charge in [0.05, 0.1) is 16.7 Å². The van der Waals surface area contributed by atoms with Gasteiger partial charge in [-0.1, -0.05) is 133 Å². The molecule has 0 amide bonds. The minimum Gasteiger partial charge on any atom is -0.456 e. The Balaban J connectivity index is 1.11. The second kappa shape index (κ2) is 10.6. The summed E-state index contributed by atoms with van der Waals surface area (Å²) < 4.78 is 8.61. The second-order valence-electron chi connectivity index (χ2n) is 12.5. The number of benzene rings is 8. The van der Waals surface area contributed by atoms with E-state index in [-0.39, 0.29) is 0 Å². The van der Waals surface area contributed by atoms with Crippen LogP contribution in [-0.4, -0.2) is 4.57 Å². The minimum atomic E-state index is 0.915. The van der Waals surface area contributed by atoms with Gasteiger partial charge in [0, 0.05) is 27.1 Å². The van der Waals surface area contributed by atoms with Gasteiger partial charge in [-0.15, -0.1) is 0 Å². The Bertz CT molecular complexity index is 2830. The Morgan fingerprint density at radius 1 is 0.354 bits per heavy atom. The monoisotopic (exact) mass is 611 g/mol. The predicted octanol–water partition coefficient (Wildman–Crippen LogP) is 12.8. The Kier molecular flexibility index (Phi) is 5.91. The SMILES string of the molecule is c1ccc(-n2c3ccccc3c3cc(-c4ccc5ccccc5c4)ccc32)c(-c2ccc(-c3cccc4oc5ccccc5c34)cc2)c1. The number of hydrogen-bond donors (Lipinski definition) is 0. The fourth-order valence-corrected chi connectivity index (χ4v) is 7.54. The first kappa shape index (κ1) is 26.8. The fourth-order valence-electron chi connectivity index (χ4n) is 7.54. The molecule has 0 aliphatic rings. The van der Waals surface area contributed by atoms with Gasteiger partial charge in [-0.2, -0.15) is 0 Å². The van der Waals surface area contributed by atoms with Crippen LogP contribution in [0.2, 0.25) is 0 Å². The zero-order valence-electron chi connectivity index (χ0n) is 26.1. The lowest BCUT2D eigenvalue weighted by atomic mass is 9.96. The van der Waals surface area contributed by atoms with Crippen LogP contribution in [0.25, 0.3) is 93.6 Å². The molecule has 0 atom stereocenters. The molecule has 2 heteroatoms. The Morgan fingerprint density at radius 3 is 1.85 bits per heavy atom. The third-order valence-electron chi connectivity index (χ3n) is 9.81. The number of para-hydroxylation sites is 3.